The fourth-order valence-electron chi connectivity index (χ4n) is 5.99. The first-order valence-electron chi connectivity index (χ1n) is 13.3. The first-order chi connectivity index (χ1) is 17.7. The monoisotopic (exact) mass is 522 g/mol. The molecule has 0 bridgehead atoms. The minimum atomic E-state index is -3.47. The maximum atomic E-state index is 12.8. The van der Waals surface area contributed by atoms with E-state index in [1.165, 1.54) is 6.26 Å². The van der Waals surface area contributed by atoms with Crippen LogP contribution >= 0.6 is 0 Å². The lowest BCUT2D eigenvalue weighted by Crippen LogP contribution is -2.47. The molecule has 1 heterocycles. The van der Waals surface area contributed by atoms with Crippen LogP contribution in [0, 0.1) is 11.8 Å². The van der Waals surface area contributed by atoms with Gasteiger partial charge in [0, 0.05) is 12.8 Å². The van der Waals surface area contributed by atoms with Crippen LogP contribution in [0.2, 0.25) is 0 Å². The highest BCUT2D eigenvalue weighted by Gasteiger charge is 2.52. The molecule has 3 aliphatic carbocycles. The number of hydrogen-bond donors (Lipinski definition) is 1. The molecule has 0 spiro atoms. The van der Waals surface area contributed by atoms with Gasteiger partial charge in [0.15, 0.2) is 9.84 Å². The first-order valence-corrected chi connectivity index (χ1v) is 15.2. The Morgan fingerprint density at radius 1 is 1.00 bits per heavy atom. The van der Waals surface area contributed by atoms with Crippen molar-refractivity contribution in [1.82, 2.24) is 9.55 Å². The number of carboxylic acids is 1. The van der Waals surface area contributed by atoms with E-state index in [4.69, 9.17) is 9.72 Å². The van der Waals surface area contributed by atoms with E-state index in [9.17, 15) is 18.3 Å². The zero-order valence-electron chi connectivity index (χ0n) is 21.2. The molecule has 8 heteroatoms. The van der Waals surface area contributed by atoms with Crippen LogP contribution in [-0.2, 0) is 36.9 Å². The third-order valence-electron chi connectivity index (χ3n) is 8.61. The number of sulfone groups is 1. The average molecular weight is 523 g/mol. The van der Waals surface area contributed by atoms with Crippen molar-refractivity contribution in [1.29, 1.82) is 0 Å². The molecule has 0 aliphatic heterocycles. The van der Waals surface area contributed by atoms with Crippen LogP contribution in [0.3, 0.4) is 0 Å². The molecule has 3 aromatic rings. The topological polar surface area (TPSA) is 98.5 Å². The Balaban J connectivity index is 1.47. The molecule has 1 aromatic heterocycles. The number of hydrogen-bond acceptors (Lipinski definition) is 5. The number of carboxylic acid groups (broad SMARTS) is 1. The largest absolute Gasteiger partial charge is 0.481 e. The number of aliphatic carboxylic acids is 1. The van der Waals surface area contributed by atoms with Crippen LogP contribution in [0.25, 0.3) is 11.0 Å². The van der Waals surface area contributed by atoms with E-state index in [0.717, 1.165) is 37.1 Å². The van der Waals surface area contributed by atoms with E-state index in [1.807, 2.05) is 36.4 Å². The summed E-state index contributed by atoms with van der Waals surface area (Å²) in [7, 11) is -3.47. The number of nitrogens with zero attached hydrogens (tertiary/aromatic N) is 2. The third-order valence-corrected chi connectivity index (χ3v) is 9.74. The molecule has 0 radical (unpaired) electrons. The van der Waals surface area contributed by atoms with Gasteiger partial charge in [0.1, 0.15) is 11.4 Å². The molecule has 3 aliphatic rings. The van der Waals surface area contributed by atoms with Crippen molar-refractivity contribution in [2.24, 2.45) is 11.8 Å². The normalized spacial score (nSPS) is 26.4. The Bertz CT molecular complexity index is 1430. The predicted octanol–water partition coefficient (Wildman–Crippen LogP) is 5.07. The molecular formula is C29H34N2O5S. The van der Waals surface area contributed by atoms with Gasteiger partial charge in [-0.25, -0.2) is 13.4 Å². The SMILES string of the molecule is CS(=O)(=O)c1cccc2nc(C3(OCC4CC4)CCC(C(=O)O)(c4ccccc4)CC3)n(CC3CC3)c12. The number of ether oxygens (including phenoxy) is 1. The van der Waals surface area contributed by atoms with E-state index in [0.29, 0.717) is 66.6 Å². The lowest BCUT2D eigenvalue weighted by molar-refractivity contribution is -0.151. The molecular weight excluding hydrogens is 488 g/mol. The number of aromatic nitrogens is 2. The number of imidazole rings is 1. The van der Waals surface area contributed by atoms with Crippen molar-refractivity contribution in [2.45, 2.75) is 73.8 Å². The van der Waals surface area contributed by atoms with Gasteiger partial charge in [-0.05, 0) is 80.9 Å². The zero-order chi connectivity index (χ0) is 25.8. The predicted molar refractivity (Wildman–Crippen MR) is 140 cm³/mol. The van der Waals surface area contributed by atoms with Crippen LogP contribution < -0.4 is 0 Å². The standard InChI is InChI=1S/C29H34N2O5S/c1-37(34,35)24-9-5-8-23-25(24)31(18-20-10-11-20)26(30-23)29(36-19-21-12-13-21)16-14-28(15-17-29,27(32)33)22-6-3-2-4-7-22/h2-9,20-21H,10-19H2,1H3,(H,32,33). The van der Waals surface area contributed by atoms with Gasteiger partial charge in [0.25, 0.3) is 0 Å². The Morgan fingerprint density at radius 3 is 2.27 bits per heavy atom. The van der Waals surface area contributed by atoms with Gasteiger partial charge in [-0.15, -0.1) is 0 Å². The summed E-state index contributed by atoms with van der Waals surface area (Å²) in [5.74, 6) is 0.985. The average Bonchev–Trinajstić information content (AvgIpc) is 3.82. The molecule has 1 N–H and O–H groups in total. The van der Waals surface area contributed by atoms with Crippen LogP contribution in [0.1, 0.15) is 62.8 Å². The van der Waals surface area contributed by atoms with Gasteiger partial charge in [-0.1, -0.05) is 36.4 Å². The fraction of sp³-hybridized carbons (Fsp3) is 0.517. The minimum absolute atomic E-state index is 0.293. The summed E-state index contributed by atoms with van der Waals surface area (Å²) in [4.78, 5) is 18.0. The second-order valence-corrected chi connectivity index (χ2v) is 13.4. The number of fused-ring (bicyclic) bond motifs is 1. The maximum absolute atomic E-state index is 12.8. The van der Waals surface area contributed by atoms with E-state index in [-0.39, 0.29) is 0 Å². The summed E-state index contributed by atoms with van der Waals surface area (Å²) in [5.41, 5.74) is 0.410. The van der Waals surface area contributed by atoms with E-state index >= 15 is 0 Å². The van der Waals surface area contributed by atoms with Crippen LogP contribution in [-0.4, -0.2) is 41.9 Å². The van der Waals surface area contributed by atoms with Crippen molar-refractivity contribution in [2.75, 3.05) is 12.9 Å². The van der Waals surface area contributed by atoms with Gasteiger partial charge in [-0.3, -0.25) is 4.79 Å². The molecule has 196 valence electrons. The highest BCUT2D eigenvalue weighted by molar-refractivity contribution is 7.91. The molecule has 37 heavy (non-hydrogen) atoms. The highest BCUT2D eigenvalue weighted by atomic mass is 32.2. The Hall–Kier alpha value is -2.71. The van der Waals surface area contributed by atoms with E-state index < -0.39 is 26.8 Å². The van der Waals surface area contributed by atoms with Crippen LogP contribution in [0.4, 0.5) is 0 Å². The van der Waals surface area contributed by atoms with Crippen molar-refractivity contribution in [3.8, 4) is 0 Å². The summed E-state index contributed by atoms with van der Waals surface area (Å²) in [6.45, 7) is 1.33. The quantitative estimate of drug-likeness (QED) is 0.421. The van der Waals surface area contributed by atoms with Crippen LogP contribution in [0.5, 0.6) is 0 Å². The first kappa shape index (κ1) is 24.6. The molecule has 0 saturated heterocycles. The minimum Gasteiger partial charge on any atom is -0.481 e. The lowest BCUT2D eigenvalue weighted by atomic mass is 9.65. The van der Waals surface area contributed by atoms with E-state index in [2.05, 4.69) is 4.57 Å². The molecule has 3 fully saturated rings. The fourth-order valence-corrected chi connectivity index (χ4v) is 6.89. The van der Waals surface area contributed by atoms with Crippen molar-refractivity contribution < 1.29 is 23.1 Å². The molecule has 0 atom stereocenters. The highest BCUT2D eigenvalue weighted by Crippen LogP contribution is 2.51. The van der Waals surface area contributed by atoms with Crippen molar-refractivity contribution in [3.05, 3.63) is 59.9 Å². The third kappa shape index (κ3) is 4.48. The summed E-state index contributed by atoms with van der Waals surface area (Å²) < 4.78 is 34.4. The summed E-state index contributed by atoms with van der Waals surface area (Å²) >= 11 is 0. The second-order valence-electron chi connectivity index (χ2n) is 11.4. The summed E-state index contributed by atoms with van der Waals surface area (Å²) in [6.07, 6.45) is 7.68. The van der Waals surface area contributed by atoms with Crippen molar-refractivity contribution >= 4 is 26.8 Å². The Labute approximate surface area is 217 Å². The molecule has 3 saturated carbocycles. The Morgan fingerprint density at radius 2 is 1.68 bits per heavy atom. The number of benzene rings is 2. The maximum Gasteiger partial charge on any atom is 0.314 e. The molecule has 0 amide bonds. The smallest absolute Gasteiger partial charge is 0.314 e. The van der Waals surface area contributed by atoms with Crippen LogP contribution in [0.15, 0.2) is 53.4 Å². The summed E-state index contributed by atoms with van der Waals surface area (Å²) in [6, 6.07) is 14.8. The molecule has 7 nitrogen and oxygen atoms in total. The second kappa shape index (κ2) is 8.95. The van der Waals surface area contributed by atoms with Gasteiger partial charge in [0.2, 0.25) is 0 Å². The Kier molecular flexibility index (Phi) is 5.95. The van der Waals surface area contributed by atoms with Gasteiger partial charge in [0.05, 0.1) is 28.0 Å². The van der Waals surface area contributed by atoms with Crippen molar-refractivity contribution in [3.63, 3.8) is 0 Å². The number of carbonyl (C=O) groups is 1. The lowest BCUT2D eigenvalue weighted by Gasteiger charge is -2.44. The van der Waals surface area contributed by atoms with Gasteiger partial charge >= 0.3 is 5.97 Å². The number of rotatable bonds is 9. The van der Waals surface area contributed by atoms with Gasteiger partial charge < -0.3 is 14.4 Å². The molecule has 2 aromatic carbocycles. The van der Waals surface area contributed by atoms with E-state index in [1.54, 1.807) is 12.1 Å². The molecule has 6 rings (SSSR count). The molecule has 0 unspecified atom stereocenters. The summed E-state index contributed by atoms with van der Waals surface area (Å²) in [5, 5.41) is 10.4. The van der Waals surface area contributed by atoms with Gasteiger partial charge in [-0.2, -0.15) is 0 Å². The number of para-hydroxylation sites is 1. The zero-order valence-corrected chi connectivity index (χ0v) is 22.0.